The highest BCUT2D eigenvalue weighted by atomic mass is 79.9. The third kappa shape index (κ3) is 5.82. The van der Waals surface area contributed by atoms with Crippen molar-refractivity contribution in [2.45, 2.75) is 6.18 Å². The van der Waals surface area contributed by atoms with E-state index in [1.807, 2.05) is 0 Å². The number of anilines is 2. The summed E-state index contributed by atoms with van der Waals surface area (Å²) in [6.07, 6.45) is -1.51. The van der Waals surface area contributed by atoms with Crippen LogP contribution in [0.3, 0.4) is 0 Å². The molecule has 0 aliphatic rings. The summed E-state index contributed by atoms with van der Waals surface area (Å²) in [7, 11) is 0. The van der Waals surface area contributed by atoms with Gasteiger partial charge in [-0.05, 0) is 54.6 Å². The van der Waals surface area contributed by atoms with E-state index >= 15 is 0 Å². The average molecular weight is 497 g/mol. The molecular weight excluding hydrogens is 484 g/mol. The Labute approximate surface area is 181 Å². The van der Waals surface area contributed by atoms with Crippen molar-refractivity contribution < 1.29 is 31.6 Å². The van der Waals surface area contributed by atoms with Crippen molar-refractivity contribution in [3.8, 4) is 0 Å². The standard InChI is InChI=1S/C21H13BrF4N2O3/c22-13-4-6-16(23)12(10-13)3-8-19(29)28-17-7-5-14(11-15(17)21(24,25)26)27-20(30)18-2-1-9-31-18/h1-11H,(H,27,30)(H,28,29)/b8-3+. The number of carbonyl (C=O) groups is 2. The maximum absolute atomic E-state index is 13.7. The second kappa shape index (κ2) is 9.17. The Hall–Kier alpha value is -3.40. The molecule has 1 aromatic heterocycles. The van der Waals surface area contributed by atoms with E-state index in [2.05, 4.69) is 26.6 Å². The first kappa shape index (κ1) is 22.3. The van der Waals surface area contributed by atoms with Gasteiger partial charge in [0.1, 0.15) is 5.82 Å². The van der Waals surface area contributed by atoms with Crippen LogP contribution in [0.25, 0.3) is 6.08 Å². The first-order chi connectivity index (χ1) is 14.6. The molecule has 3 rings (SSSR count). The third-order valence-electron chi connectivity index (χ3n) is 3.96. The van der Waals surface area contributed by atoms with Gasteiger partial charge >= 0.3 is 6.18 Å². The molecule has 0 aliphatic heterocycles. The summed E-state index contributed by atoms with van der Waals surface area (Å²) in [5, 5.41) is 4.41. The van der Waals surface area contributed by atoms with Crippen molar-refractivity contribution in [2.24, 2.45) is 0 Å². The van der Waals surface area contributed by atoms with Crippen molar-refractivity contribution >= 4 is 45.2 Å². The molecule has 0 aliphatic carbocycles. The van der Waals surface area contributed by atoms with Crippen molar-refractivity contribution in [3.63, 3.8) is 0 Å². The Morgan fingerprint density at radius 2 is 1.81 bits per heavy atom. The smallest absolute Gasteiger partial charge is 0.418 e. The molecule has 3 aromatic rings. The number of amides is 2. The summed E-state index contributed by atoms with van der Waals surface area (Å²) in [6.45, 7) is 0. The Kier molecular flexibility index (Phi) is 6.59. The summed E-state index contributed by atoms with van der Waals surface area (Å²) in [5.41, 5.74) is -1.75. The van der Waals surface area contributed by atoms with Crippen LogP contribution in [-0.2, 0) is 11.0 Å². The first-order valence-electron chi connectivity index (χ1n) is 8.64. The van der Waals surface area contributed by atoms with Crippen LogP contribution in [0, 0.1) is 5.82 Å². The lowest BCUT2D eigenvalue weighted by Gasteiger charge is -2.15. The summed E-state index contributed by atoms with van der Waals surface area (Å²) in [6, 6.07) is 9.77. The Balaban J connectivity index is 1.80. The molecule has 160 valence electrons. The van der Waals surface area contributed by atoms with E-state index in [0.717, 1.165) is 18.2 Å². The molecule has 2 amide bonds. The summed E-state index contributed by atoms with van der Waals surface area (Å²) < 4.78 is 59.6. The number of hydrogen-bond acceptors (Lipinski definition) is 3. The minimum Gasteiger partial charge on any atom is -0.459 e. The summed E-state index contributed by atoms with van der Waals surface area (Å²) in [5.74, 6) is -2.29. The Morgan fingerprint density at radius 1 is 1.03 bits per heavy atom. The van der Waals surface area contributed by atoms with Gasteiger partial charge in [0, 0.05) is 21.8 Å². The van der Waals surface area contributed by atoms with Gasteiger partial charge in [-0.3, -0.25) is 9.59 Å². The van der Waals surface area contributed by atoms with Gasteiger partial charge in [0.05, 0.1) is 17.5 Å². The summed E-state index contributed by atoms with van der Waals surface area (Å²) >= 11 is 3.16. The molecular formula is C21H13BrF4N2O3. The zero-order valence-corrected chi connectivity index (χ0v) is 17.1. The third-order valence-corrected chi connectivity index (χ3v) is 4.45. The molecule has 0 atom stereocenters. The van der Waals surface area contributed by atoms with Crippen molar-refractivity contribution in [3.05, 3.63) is 88.0 Å². The van der Waals surface area contributed by atoms with E-state index < -0.39 is 35.1 Å². The van der Waals surface area contributed by atoms with Gasteiger partial charge in [0.15, 0.2) is 5.76 Å². The molecule has 1 heterocycles. The van der Waals surface area contributed by atoms with Crippen LogP contribution < -0.4 is 10.6 Å². The van der Waals surface area contributed by atoms with Crippen LogP contribution in [0.2, 0.25) is 0 Å². The van der Waals surface area contributed by atoms with Crippen molar-refractivity contribution in [2.75, 3.05) is 10.6 Å². The molecule has 2 aromatic carbocycles. The molecule has 5 nitrogen and oxygen atoms in total. The SMILES string of the molecule is O=C(/C=C/c1cc(Br)ccc1F)Nc1ccc(NC(=O)c2ccco2)cc1C(F)(F)F. The molecule has 0 spiro atoms. The molecule has 0 saturated carbocycles. The fourth-order valence-electron chi connectivity index (χ4n) is 2.55. The minimum atomic E-state index is -4.81. The highest BCUT2D eigenvalue weighted by Crippen LogP contribution is 2.36. The van der Waals surface area contributed by atoms with Crippen molar-refractivity contribution in [1.29, 1.82) is 0 Å². The molecule has 0 bridgehead atoms. The Morgan fingerprint density at radius 3 is 2.48 bits per heavy atom. The molecule has 0 fully saturated rings. The van der Waals surface area contributed by atoms with Gasteiger partial charge in [0.25, 0.3) is 5.91 Å². The van der Waals surface area contributed by atoms with E-state index in [1.165, 1.54) is 42.7 Å². The van der Waals surface area contributed by atoms with E-state index in [9.17, 15) is 27.2 Å². The number of alkyl halides is 3. The fraction of sp³-hybridized carbons (Fsp3) is 0.0476. The predicted molar refractivity (Wildman–Crippen MR) is 110 cm³/mol. The van der Waals surface area contributed by atoms with Crippen LogP contribution in [0.4, 0.5) is 28.9 Å². The number of halogens is 5. The van der Waals surface area contributed by atoms with Crippen LogP contribution in [-0.4, -0.2) is 11.8 Å². The van der Waals surface area contributed by atoms with Gasteiger partial charge in [0.2, 0.25) is 5.91 Å². The van der Waals surface area contributed by atoms with E-state index in [4.69, 9.17) is 4.42 Å². The fourth-order valence-corrected chi connectivity index (χ4v) is 2.93. The lowest BCUT2D eigenvalue weighted by Crippen LogP contribution is -2.16. The van der Waals surface area contributed by atoms with Gasteiger partial charge in [-0.25, -0.2) is 4.39 Å². The normalized spacial score (nSPS) is 11.5. The van der Waals surface area contributed by atoms with Crippen LogP contribution in [0.15, 0.2) is 69.8 Å². The largest absolute Gasteiger partial charge is 0.459 e. The Bertz CT molecular complexity index is 1140. The predicted octanol–water partition coefficient (Wildman–Crippen LogP) is 6.10. The highest BCUT2D eigenvalue weighted by Gasteiger charge is 2.34. The molecule has 0 radical (unpaired) electrons. The number of nitrogens with one attached hydrogen (secondary N) is 2. The van der Waals surface area contributed by atoms with E-state index in [1.54, 1.807) is 0 Å². The quantitative estimate of drug-likeness (QED) is 0.331. The molecule has 2 N–H and O–H groups in total. The monoisotopic (exact) mass is 496 g/mol. The zero-order chi connectivity index (χ0) is 22.6. The van der Waals surface area contributed by atoms with E-state index in [-0.39, 0.29) is 17.0 Å². The van der Waals surface area contributed by atoms with Crippen LogP contribution >= 0.6 is 15.9 Å². The minimum absolute atomic E-state index is 0.0733. The second-order valence-electron chi connectivity index (χ2n) is 6.18. The number of carbonyl (C=O) groups excluding carboxylic acids is 2. The van der Waals surface area contributed by atoms with E-state index in [0.29, 0.717) is 10.5 Å². The number of rotatable bonds is 5. The number of hydrogen-bond donors (Lipinski definition) is 2. The van der Waals surface area contributed by atoms with Crippen LogP contribution in [0.5, 0.6) is 0 Å². The molecule has 0 saturated heterocycles. The number of benzene rings is 2. The first-order valence-corrected chi connectivity index (χ1v) is 9.43. The van der Waals surface area contributed by atoms with Gasteiger partial charge in [-0.1, -0.05) is 15.9 Å². The van der Waals surface area contributed by atoms with Crippen LogP contribution in [0.1, 0.15) is 21.7 Å². The average Bonchev–Trinajstić information content (AvgIpc) is 3.24. The second-order valence-corrected chi connectivity index (χ2v) is 7.09. The van der Waals surface area contributed by atoms with Gasteiger partial charge in [-0.2, -0.15) is 13.2 Å². The van der Waals surface area contributed by atoms with Gasteiger partial charge < -0.3 is 15.1 Å². The molecule has 0 unspecified atom stereocenters. The molecule has 31 heavy (non-hydrogen) atoms. The molecule has 10 heteroatoms. The topological polar surface area (TPSA) is 71.3 Å². The maximum Gasteiger partial charge on any atom is 0.418 e. The lowest BCUT2D eigenvalue weighted by atomic mass is 10.1. The lowest BCUT2D eigenvalue weighted by molar-refractivity contribution is -0.136. The maximum atomic E-state index is 13.7. The highest BCUT2D eigenvalue weighted by molar-refractivity contribution is 9.10. The number of furan rings is 1. The zero-order valence-electron chi connectivity index (χ0n) is 15.5. The summed E-state index contributed by atoms with van der Waals surface area (Å²) in [4.78, 5) is 24.1. The van der Waals surface area contributed by atoms with Gasteiger partial charge in [-0.15, -0.1) is 0 Å². The van der Waals surface area contributed by atoms with Crippen molar-refractivity contribution in [1.82, 2.24) is 0 Å².